The highest BCUT2D eigenvalue weighted by Crippen LogP contribution is 2.38. The number of benzene rings is 2. The van der Waals surface area contributed by atoms with E-state index in [1.165, 1.54) is 30.2 Å². The summed E-state index contributed by atoms with van der Waals surface area (Å²) in [4.78, 5) is 38.1. The van der Waals surface area contributed by atoms with Crippen LogP contribution in [0.15, 0.2) is 71.4 Å². The second-order valence-corrected chi connectivity index (χ2v) is 6.59. The molecule has 0 aromatic heterocycles. The Morgan fingerprint density at radius 1 is 1.14 bits per heavy atom. The van der Waals surface area contributed by atoms with E-state index in [-0.39, 0.29) is 28.4 Å². The summed E-state index contributed by atoms with van der Waals surface area (Å²) in [6, 6.07) is 15.1. The van der Waals surface area contributed by atoms with Crippen molar-refractivity contribution in [2.45, 2.75) is 19.9 Å². The Labute approximate surface area is 168 Å². The van der Waals surface area contributed by atoms with Gasteiger partial charge in [-0.15, -0.1) is 0 Å². The van der Waals surface area contributed by atoms with Crippen LogP contribution < -0.4 is 0 Å². The number of hydrogen-bond acceptors (Lipinski definition) is 5. The Balaban J connectivity index is 2.14. The van der Waals surface area contributed by atoms with Crippen LogP contribution in [-0.2, 0) is 14.3 Å². The molecule has 2 aromatic carbocycles. The van der Waals surface area contributed by atoms with Crippen LogP contribution in [0.4, 0.5) is 5.69 Å². The van der Waals surface area contributed by atoms with Crippen LogP contribution in [0.3, 0.4) is 0 Å². The van der Waals surface area contributed by atoms with Gasteiger partial charge < -0.3 is 9.64 Å². The Kier molecular flexibility index (Phi) is 5.59. The van der Waals surface area contributed by atoms with Gasteiger partial charge in [0.2, 0.25) is 0 Å². The molecule has 7 nitrogen and oxygen atoms in total. The summed E-state index contributed by atoms with van der Waals surface area (Å²) < 4.78 is 4.88. The van der Waals surface area contributed by atoms with Crippen molar-refractivity contribution in [1.82, 2.24) is 4.90 Å². The molecule has 0 N–H and O–H groups in total. The summed E-state index contributed by atoms with van der Waals surface area (Å²) in [6.07, 6.45) is 1.38. The maximum absolute atomic E-state index is 13.3. The first-order chi connectivity index (χ1) is 13.9. The van der Waals surface area contributed by atoms with Gasteiger partial charge in [-0.2, -0.15) is 0 Å². The number of esters is 1. The Morgan fingerprint density at radius 3 is 2.38 bits per heavy atom. The van der Waals surface area contributed by atoms with Crippen molar-refractivity contribution < 1.29 is 19.2 Å². The summed E-state index contributed by atoms with van der Waals surface area (Å²) in [7, 11) is 1.24. The van der Waals surface area contributed by atoms with Gasteiger partial charge in [0.25, 0.3) is 11.6 Å². The highest BCUT2D eigenvalue weighted by Gasteiger charge is 2.39. The molecule has 0 radical (unpaired) electrons. The first-order valence-electron chi connectivity index (χ1n) is 9.00. The minimum atomic E-state index is -0.663. The molecule has 1 aliphatic heterocycles. The SMILES string of the molecule is COC(=O)C1=C(C)N(C(C)c2ccccc2)C(=O)C1=Cc1ccccc1[N+](=O)[O-]. The van der Waals surface area contributed by atoms with Gasteiger partial charge in [-0.05, 0) is 31.6 Å². The molecule has 0 fully saturated rings. The highest BCUT2D eigenvalue weighted by molar-refractivity contribution is 6.16. The minimum absolute atomic E-state index is 0.0754. The molecule has 29 heavy (non-hydrogen) atoms. The normalized spacial score (nSPS) is 16.3. The van der Waals surface area contributed by atoms with Crippen molar-refractivity contribution in [2.24, 2.45) is 0 Å². The average molecular weight is 392 g/mol. The van der Waals surface area contributed by atoms with Gasteiger partial charge in [-0.3, -0.25) is 14.9 Å². The number of nitro benzene ring substituents is 1. The smallest absolute Gasteiger partial charge is 0.340 e. The number of rotatable bonds is 5. The molecule has 1 unspecified atom stereocenters. The summed E-state index contributed by atoms with van der Waals surface area (Å²) in [6.45, 7) is 3.53. The lowest BCUT2D eigenvalue weighted by Crippen LogP contribution is -2.28. The second kappa shape index (κ2) is 8.10. The summed E-state index contributed by atoms with van der Waals surface area (Å²) >= 11 is 0. The number of allylic oxidation sites excluding steroid dienone is 1. The third-order valence-electron chi connectivity index (χ3n) is 4.93. The van der Waals surface area contributed by atoms with Crippen LogP contribution >= 0.6 is 0 Å². The summed E-state index contributed by atoms with van der Waals surface area (Å²) in [5.74, 6) is -1.07. The van der Waals surface area contributed by atoms with Gasteiger partial charge in [0, 0.05) is 11.8 Å². The molecular formula is C22H20N2O5. The van der Waals surface area contributed by atoms with Gasteiger partial charge in [0.15, 0.2) is 0 Å². The molecule has 0 aliphatic carbocycles. The zero-order valence-electron chi connectivity index (χ0n) is 16.3. The zero-order chi connectivity index (χ0) is 21.1. The molecule has 0 saturated heterocycles. The quantitative estimate of drug-likeness (QED) is 0.332. The van der Waals surface area contributed by atoms with Crippen molar-refractivity contribution in [2.75, 3.05) is 7.11 Å². The molecule has 2 aromatic rings. The fourth-order valence-electron chi connectivity index (χ4n) is 3.48. The maximum Gasteiger partial charge on any atom is 0.340 e. The zero-order valence-corrected chi connectivity index (χ0v) is 16.3. The molecule has 3 rings (SSSR count). The fourth-order valence-corrected chi connectivity index (χ4v) is 3.48. The molecule has 1 amide bonds. The predicted molar refractivity (Wildman–Crippen MR) is 107 cm³/mol. The lowest BCUT2D eigenvalue weighted by Gasteiger charge is -2.26. The summed E-state index contributed by atoms with van der Waals surface area (Å²) in [5, 5.41) is 11.3. The third-order valence-corrected chi connectivity index (χ3v) is 4.93. The second-order valence-electron chi connectivity index (χ2n) is 6.59. The van der Waals surface area contributed by atoms with Crippen molar-refractivity contribution in [3.05, 3.63) is 92.7 Å². The number of amides is 1. The average Bonchev–Trinajstić information content (AvgIpc) is 2.97. The number of nitrogens with zero attached hydrogens (tertiary/aromatic N) is 2. The molecular weight excluding hydrogens is 372 g/mol. The van der Waals surface area contributed by atoms with E-state index in [0.717, 1.165) is 5.56 Å². The standard InChI is InChI=1S/C22H20N2O5/c1-14(16-9-5-4-6-10-16)23-15(2)20(22(26)29-3)18(21(23)25)13-17-11-7-8-12-19(17)24(27)28/h4-14H,1-3H3. The van der Waals surface area contributed by atoms with Crippen LogP contribution in [-0.4, -0.2) is 28.8 Å². The highest BCUT2D eigenvalue weighted by atomic mass is 16.6. The largest absolute Gasteiger partial charge is 0.465 e. The third kappa shape index (κ3) is 3.67. The molecule has 7 heteroatoms. The van der Waals surface area contributed by atoms with E-state index in [1.807, 2.05) is 37.3 Å². The van der Waals surface area contributed by atoms with Gasteiger partial charge in [0.1, 0.15) is 0 Å². The number of para-hydroxylation sites is 1. The first kappa shape index (κ1) is 20.0. The van der Waals surface area contributed by atoms with E-state index in [9.17, 15) is 19.7 Å². The van der Waals surface area contributed by atoms with Gasteiger partial charge in [-0.25, -0.2) is 4.79 Å². The molecule has 1 aliphatic rings. The van der Waals surface area contributed by atoms with Crippen LogP contribution in [0, 0.1) is 10.1 Å². The van der Waals surface area contributed by atoms with Gasteiger partial charge in [-0.1, -0.05) is 42.5 Å². The van der Waals surface area contributed by atoms with Gasteiger partial charge in [0.05, 0.1) is 34.8 Å². The fraction of sp³-hybridized carbons (Fsp3) is 0.182. The van der Waals surface area contributed by atoms with Crippen molar-refractivity contribution >= 4 is 23.6 Å². The number of methoxy groups -OCH3 is 1. The van der Waals surface area contributed by atoms with Crippen LogP contribution in [0.5, 0.6) is 0 Å². The van der Waals surface area contributed by atoms with E-state index in [1.54, 1.807) is 19.1 Å². The maximum atomic E-state index is 13.3. The Morgan fingerprint density at radius 2 is 1.76 bits per heavy atom. The van der Waals surface area contributed by atoms with E-state index in [2.05, 4.69) is 0 Å². The number of ether oxygens (including phenoxy) is 1. The lowest BCUT2D eigenvalue weighted by molar-refractivity contribution is -0.385. The predicted octanol–water partition coefficient (Wildman–Crippen LogP) is 4.03. The Bertz CT molecular complexity index is 1040. The number of nitro groups is 1. The molecule has 0 spiro atoms. The van der Waals surface area contributed by atoms with Crippen molar-refractivity contribution in [1.29, 1.82) is 0 Å². The number of carbonyl (C=O) groups excluding carboxylic acids is 2. The van der Waals surface area contributed by atoms with Crippen molar-refractivity contribution in [3.63, 3.8) is 0 Å². The first-order valence-corrected chi connectivity index (χ1v) is 9.00. The van der Waals surface area contributed by atoms with E-state index in [4.69, 9.17) is 4.74 Å². The minimum Gasteiger partial charge on any atom is -0.465 e. The van der Waals surface area contributed by atoms with Gasteiger partial charge >= 0.3 is 5.97 Å². The number of hydrogen-bond donors (Lipinski definition) is 0. The van der Waals surface area contributed by atoms with Crippen LogP contribution in [0.1, 0.15) is 31.0 Å². The van der Waals surface area contributed by atoms with Crippen LogP contribution in [0.2, 0.25) is 0 Å². The number of carbonyl (C=O) groups is 2. The van der Waals surface area contributed by atoms with Crippen LogP contribution in [0.25, 0.3) is 6.08 Å². The topological polar surface area (TPSA) is 89.8 Å². The van der Waals surface area contributed by atoms with E-state index >= 15 is 0 Å². The molecule has 0 bridgehead atoms. The monoisotopic (exact) mass is 392 g/mol. The van der Waals surface area contributed by atoms with Crippen molar-refractivity contribution in [3.8, 4) is 0 Å². The molecule has 148 valence electrons. The van der Waals surface area contributed by atoms with E-state index < -0.39 is 16.8 Å². The molecule has 1 atom stereocenters. The molecule has 1 heterocycles. The lowest BCUT2D eigenvalue weighted by atomic mass is 10.0. The molecule has 0 saturated carbocycles. The van der Waals surface area contributed by atoms with E-state index in [0.29, 0.717) is 5.70 Å². The summed E-state index contributed by atoms with van der Waals surface area (Å²) in [5.41, 5.74) is 1.62. The Hall–Kier alpha value is -3.74.